The van der Waals surface area contributed by atoms with Crippen molar-refractivity contribution in [2.45, 2.75) is 0 Å². The first-order valence-electron chi connectivity index (χ1n) is 19.7. The van der Waals surface area contributed by atoms with Crippen LogP contribution < -0.4 is 0 Å². The molecule has 0 aliphatic rings. The lowest BCUT2D eigenvalue weighted by Gasteiger charge is -2.16. The second-order valence-corrected chi connectivity index (χ2v) is 14.7. The number of nitrogens with zero attached hydrogens (tertiary/aromatic N) is 4. The van der Waals surface area contributed by atoms with Gasteiger partial charge >= 0.3 is 0 Å². The Bertz CT molecular complexity index is 3270. The second-order valence-electron chi connectivity index (χ2n) is 14.7. The molecule has 0 spiro atoms. The Balaban J connectivity index is 0.999. The highest BCUT2D eigenvalue weighted by molar-refractivity contribution is 6.11. The molecule has 272 valence electrons. The minimum absolute atomic E-state index is 0.795. The maximum atomic E-state index is 4.80. The first-order valence-corrected chi connectivity index (χ1v) is 19.7. The van der Waals surface area contributed by atoms with Crippen molar-refractivity contribution in [1.82, 2.24) is 19.3 Å². The number of rotatable bonds is 7. The first-order chi connectivity index (χ1) is 28.8. The van der Waals surface area contributed by atoms with Crippen molar-refractivity contribution in [1.29, 1.82) is 0 Å². The van der Waals surface area contributed by atoms with Gasteiger partial charge in [-0.15, -0.1) is 10.2 Å². The van der Waals surface area contributed by atoms with Crippen LogP contribution in [-0.4, -0.2) is 19.3 Å². The Hall–Kier alpha value is -7.82. The van der Waals surface area contributed by atoms with Crippen LogP contribution in [0.4, 0.5) is 0 Å². The van der Waals surface area contributed by atoms with Gasteiger partial charge in [-0.05, 0) is 86.6 Å². The summed E-state index contributed by atoms with van der Waals surface area (Å²) in [7, 11) is 0. The molecule has 4 nitrogen and oxygen atoms in total. The molecule has 0 saturated carbocycles. The number of para-hydroxylation sites is 2. The number of fused-ring (bicyclic) bond motifs is 4. The van der Waals surface area contributed by atoms with Gasteiger partial charge in [0.25, 0.3) is 0 Å². The van der Waals surface area contributed by atoms with E-state index in [1.54, 1.807) is 0 Å². The van der Waals surface area contributed by atoms with Crippen LogP contribution in [-0.2, 0) is 0 Å². The van der Waals surface area contributed by atoms with Crippen molar-refractivity contribution < 1.29 is 0 Å². The Kier molecular flexibility index (Phi) is 8.11. The van der Waals surface area contributed by atoms with Crippen molar-refractivity contribution in [2.75, 3.05) is 0 Å². The summed E-state index contributed by atoms with van der Waals surface area (Å²) in [6, 6.07) is 77.8. The predicted molar refractivity (Wildman–Crippen MR) is 240 cm³/mol. The van der Waals surface area contributed by atoms with E-state index in [4.69, 9.17) is 10.2 Å². The summed E-state index contributed by atoms with van der Waals surface area (Å²) in [6.07, 6.45) is 0. The van der Waals surface area contributed by atoms with Gasteiger partial charge in [0.2, 0.25) is 0 Å². The molecule has 11 rings (SSSR count). The summed E-state index contributed by atoms with van der Waals surface area (Å²) in [6.45, 7) is 0. The molecule has 0 bridgehead atoms. The van der Waals surface area contributed by atoms with Crippen molar-refractivity contribution in [3.05, 3.63) is 218 Å². The highest BCUT2D eigenvalue weighted by Gasteiger charge is 2.19. The molecule has 9 aromatic carbocycles. The highest BCUT2D eigenvalue weighted by Crippen LogP contribution is 2.41. The quantitative estimate of drug-likeness (QED) is 0.163. The van der Waals surface area contributed by atoms with Crippen LogP contribution >= 0.6 is 0 Å². The van der Waals surface area contributed by atoms with Gasteiger partial charge in [-0.25, -0.2) is 0 Å². The molecule has 0 fully saturated rings. The summed E-state index contributed by atoms with van der Waals surface area (Å²) < 4.78 is 4.54. The smallest absolute Gasteiger partial charge is 0.168 e. The fourth-order valence-corrected chi connectivity index (χ4v) is 8.54. The standard InChI is InChI=1S/C54H36N4/c1-3-16-39(17-4-1)53-55-56-54(58(53)44-33-31-37-15-7-8-18-41(37)35-44)40-29-27-38(28-30-40)45-21-9-11-23-47(45)48-24-12-10-22-46(48)42-32-34-52-50(36-42)49-25-13-14-26-51(49)57(52)43-19-5-2-6-20-43/h1-36H. The van der Waals surface area contributed by atoms with Crippen LogP contribution in [0.2, 0.25) is 0 Å². The average Bonchev–Trinajstić information content (AvgIpc) is 3.90. The topological polar surface area (TPSA) is 35.6 Å². The maximum absolute atomic E-state index is 4.80. The zero-order valence-corrected chi connectivity index (χ0v) is 31.6. The van der Waals surface area contributed by atoms with Gasteiger partial charge < -0.3 is 4.57 Å². The molecule has 0 amide bonds. The SMILES string of the molecule is c1ccc(-c2nnc(-c3ccc(-c4ccccc4-c4ccccc4-c4ccc5c(c4)c4ccccc4n5-c4ccccc4)cc3)n2-c2ccc3ccccc3c2)cc1. The Morgan fingerprint density at radius 2 is 0.793 bits per heavy atom. The third-order valence-corrected chi connectivity index (χ3v) is 11.3. The summed E-state index contributed by atoms with van der Waals surface area (Å²) in [5.74, 6) is 1.60. The fraction of sp³-hybridized carbons (Fsp3) is 0. The molecular formula is C54H36N4. The molecule has 0 N–H and O–H groups in total. The van der Waals surface area contributed by atoms with Crippen LogP contribution in [0.25, 0.3) is 100 Å². The van der Waals surface area contributed by atoms with Gasteiger partial charge in [0.15, 0.2) is 11.6 Å². The van der Waals surface area contributed by atoms with Crippen LogP contribution in [0.5, 0.6) is 0 Å². The van der Waals surface area contributed by atoms with Crippen molar-refractivity contribution in [2.24, 2.45) is 0 Å². The molecule has 0 aliphatic heterocycles. The maximum Gasteiger partial charge on any atom is 0.168 e. The Morgan fingerprint density at radius 3 is 1.52 bits per heavy atom. The van der Waals surface area contributed by atoms with E-state index in [1.807, 2.05) is 18.2 Å². The van der Waals surface area contributed by atoms with Gasteiger partial charge in [-0.2, -0.15) is 0 Å². The minimum atomic E-state index is 0.795. The van der Waals surface area contributed by atoms with Gasteiger partial charge in [-0.3, -0.25) is 4.57 Å². The number of aromatic nitrogens is 4. The Morgan fingerprint density at radius 1 is 0.276 bits per heavy atom. The zero-order chi connectivity index (χ0) is 38.4. The molecular weight excluding hydrogens is 705 g/mol. The molecule has 4 heteroatoms. The normalized spacial score (nSPS) is 11.4. The third-order valence-electron chi connectivity index (χ3n) is 11.3. The molecule has 0 atom stereocenters. The summed E-state index contributed by atoms with van der Waals surface area (Å²) >= 11 is 0. The first kappa shape index (κ1) is 33.5. The summed E-state index contributed by atoms with van der Waals surface area (Å²) in [5, 5.41) is 14.4. The monoisotopic (exact) mass is 740 g/mol. The van der Waals surface area contributed by atoms with Gasteiger partial charge in [-0.1, -0.05) is 176 Å². The fourth-order valence-electron chi connectivity index (χ4n) is 8.54. The summed E-state index contributed by atoms with van der Waals surface area (Å²) in [5.41, 5.74) is 13.6. The largest absolute Gasteiger partial charge is 0.309 e. The molecule has 0 radical (unpaired) electrons. The lowest BCUT2D eigenvalue weighted by molar-refractivity contribution is 1.08. The molecule has 58 heavy (non-hydrogen) atoms. The minimum Gasteiger partial charge on any atom is -0.309 e. The number of hydrogen-bond donors (Lipinski definition) is 0. The van der Waals surface area contributed by atoms with Crippen molar-refractivity contribution in [3.63, 3.8) is 0 Å². The predicted octanol–water partition coefficient (Wildman–Crippen LogP) is 13.9. The lowest BCUT2D eigenvalue weighted by atomic mass is 9.89. The lowest BCUT2D eigenvalue weighted by Crippen LogP contribution is -2.00. The van der Waals surface area contributed by atoms with Crippen LogP contribution in [0.1, 0.15) is 0 Å². The average molecular weight is 741 g/mol. The van der Waals surface area contributed by atoms with E-state index < -0.39 is 0 Å². The van der Waals surface area contributed by atoms with E-state index >= 15 is 0 Å². The van der Waals surface area contributed by atoms with Gasteiger partial charge in [0.05, 0.1) is 11.0 Å². The molecule has 2 heterocycles. The highest BCUT2D eigenvalue weighted by atomic mass is 15.3. The molecule has 0 unspecified atom stereocenters. The van der Waals surface area contributed by atoms with Crippen LogP contribution in [0, 0.1) is 0 Å². The summed E-state index contributed by atoms with van der Waals surface area (Å²) in [4.78, 5) is 0. The third kappa shape index (κ3) is 5.70. The van der Waals surface area contributed by atoms with E-state index in [1.165, 1.54) is 60.4 Å². The van der Waals surface area contributed by atoms with E-state index in [2.05, 4.69) is 209 Å². The second kappa shape index (κ2) is 14.0. The van der Waals surface area contributed by atoms with Crippen molar-refractivity contribution in [3.8, 4) is 67.5 Å². The van der Waals surface area contributed by atoms with E-state index in [0.717, 1.165) is 39.7 Å². The van der Waals surface area contributed by atoms with Gasteiger partial charge in [0, 0.05) is 33.3 Å². The van der Waals surface area contributed by atoms with Crippen LogP contribution in [0.3, 0.4) is 0 Å². The number of hydrogen-bond acceptors (Lipinski definition) is 2. The van der Waals surface area contributed by atoms with Gasteiger partial charge in [0.1, 0.15) is 0 Å². The Labute approximate surface area is 336 Å². The van der Waals surface area contributed by atoms with E-state index in [-0.39, 0.29) is 0 Å². The van der Waals surface area contributed by atoms with E-state index in [0.29, 0.717) is 0 Å². The molecule has 0 aliphatic carbocycles. The number of benzene rings is 9. The van der Waals surface area contributed by atoms with Crippen LogP contribution in [0.15, 0.2) is 218 Å². The van der Waals surface area contributed by atoms with E-state index in [9.17, 15) is 0 Å². The molecule has 11 aromatic rings. The zero-order valence-electron chi connectivity index (χ0n) is 31.6. The molecule has 0 saturated heterocycles. The van der Waals surface area contributed by atoms with Crippen molar-refractivity contribution >= 4 is 32.6 Å². The molecule has 2 aromatic heterocycles.